The van der Waals surface area contributed by atoms with Crippen LogP contribution in [-0.2, 0) is 6.54 Å². The van der Waals surface area contributed by atoms with Crippen LogP contribution >= 0.6 is 0 Å². The minimum Gasteiger partial charge on any atom is -0.347 e. The molecule has 0 spiro atoms. The second-order valence-corrected chi connectivity index (χ2v) is 5.76. The van der Waals surface area contributed by atoms with Crippen molar-refractivity contribution >= 4 is 22.6 Å². The molecule has 0 saturated carbocycles. The lowest BCUT2D eigenvalue weighted by atomic mass is 10.1. The summed E-state index contributed by atoms with van der Waals surface area (Å²) >= 11 is 0. The van der Waals surface area contributed by atoms with Crippen molar-refractivity contribution in [1.29, 1.82) is 0 Å². The normalized spacial score (nSPS) is 10.6. The van der Waals surface area contributed by atoms with Gasteiger partial charge in [0.1, 0.15) is 5.69 Å². The summed E-state index contributed by atoms with van der Waals surface area (Å²) in [5.74, 6) is 0.414. The quantitative estimate of drug-likeness (QED) is 0.798. The van der Waals surface area contributed by atoms with Crippen LogP contribution in [0.3, 0.4) is 0 Å². The van der Waals surface area contributed by atoms with Crippen molar-refractivity contribution in [2.24, 2.45) is 0 Å². The fraction of sp³-hybridized carbons (Fsp3) is 0.222. The van der Waals surface area contributed by atoms with Crippen LogP contribution in [0.15, 0.2) is 42.6 Å². The molecule has 1 aromatic carbocycles. The molecule has 0 unspecified atom stereocenters. The van der Waals surface area contributed by atoms with Gasteiger partial charge in [0.15, 0.2) is 0 Å². The van der Waals surface area contributed by atoms with Gasteiger partial charge in [-0.25, -0.2) is 9.97 Å². The Kier molecular flexibility index (Phi) is 4.37. The van der Waals surface area contributed by atoms with Gasteiger partial charge in [-0.2, -0.15) is 0 Å². The molecule has 24 heavy (non-hydrogen) atoms. The maximum atomic E-state index is 12.5. The van der Waals surface area contributed by atoms with E-state index >= 15 is 0 Å². The molecule has 3 rings (SSSR count). The molecule has 1 amide bonds. The number of carbonyl (C=O) groups excluding carboxylic acids is 1. The molecule has 0 bridgehead atoms. The number of nitrogens with one attached hydrogen (secondary N) is 1. The van der Waals surface area contributed by atoms with Crippen LogP contribution in [0.25, 0.3) is 10.8 Å². The number of amides is 1. The highest BCUT2D eigenvalue weighted by Gasteiger charge is 2.12. The van der Waals surface area contributed by atoms with Crippen molar-refractivity contribution in [3.05, 3.63) is 59.7 Å². The Balaban J connectivity index is 1.80. The van der Waals surface area contributed by atoms with E-state index in [9.17, 15) is 4.79 Å². The molecule has 0 aliphatic carbocycles. The summed E-state index contributed by atoms with van der Waals surface area (Å²) in [5, 5.41) is 4.72. The topological polar surface area (TPSA) is 71.0 Å². The Hall–Kier alpha value is -3.02. The average molecular weight is 321 g/mol. The molecular weight excluding hydrogens is 302 g/mol. The highest BCUT2D eigenvalue weighted by atomic mass is 16.1. The zero-order valence-electron chi connectivity index (χ0n) is 13.9. The maximum absolute atomic E-state index is 12.5. The van der Waals surface area contributed by atoms with Crippen molar-refractivity contribution in [2.75, 3.05) is 19.0 Å². The maximum Gasteiger partial charge on any atom is 0.270 e. The molecule has 0 saturated heterocycles. The SMILES string of the molecule is Cc1cc(CNC(=O)c2nccc3ccccc23)nc(N(C)C)n1. The fourth-order valence-electron chi connectivity index (χ4n) is 2.46. The van der Waals surface area contributed by atoms with Gasteiger partial charge in [0, 0.05) is 31.4 Å². The number of nitrogens with zero attached hydrogens (tertiary/aromatic N) is 4. The third kappa shape index (κ3) is 3.32. The summed E-state index contributed by atoms with van der Waals surface area (Å²) in [4.78, 5) is 27.4. The van der Waals surface area contributed by atoms with Gasteiger partial charge in [-0.3, -0.25) is 9.78 Å². The summed E-state index contributed by atoms with van der Waals surface area (Å²) in [6.07, 6.45) is 1.65. The standard InChI is InChI=1S/C18H19N5O/c1-12-10-14(22-18(21-12)23(2)3)11-20-17(24)16-15-7-5-4-6-13(15)8-9-19-16/h4-10H,11H2,1-3H3,(H,20,24). The lowest BCUT2D eigenvalue weighted by Gasteiger charge is -2.13. The molecule has 6 heteroatoms. The Morgan fingerprint density at radius 1 is 1.17 bits per heavy atom. The molecule has 0 radical (unpaired) electrons. The number of hydrogen-bond donors (Lipinski definition) is 1. The Labute approximate surface area is 140 Å². The summed E-state index contributed by atoms with van der Waals surface area (Å²) in [5.41, 5.74) is 2.05. The molecular formula is C18H19N5O. The molecule has 0 aliphatic heterocycles. The first kappa shape index (κ1) is 15.9. The van der Waals surface area contributed by atoms with Gasteiger partial charge >= 0.3 is 0 Å². The van der Waals surface area contributed by atoms with Gasteiger partial charge in [-0.05, 0) is 24.4 Å². The van der Waals surface area contributed by atoms with Gasteiger partial charge < -0.3 is 10.2 Å². The second kappa shape index (κ2) is 6.62. The first-order valence-electron chi connectivity index (χ1n) is 7.68. The van der Waals surface area contributed by atoms with Crippen LogP contribution < -0.4 is 10.2 Å². The largest absolute Gasteiger partial charge is 0.347 e. The first-order chi connectivity index (χ1) is 11.5. The molecule has 1 N–H and O–H groups in total. The number of anilines is 1. The lowest BCUT2D eigenvalue weighted by molar-refractivity contribution is 0.0947. The zero-order valence-corrected chi connectivity index (χ0v) is 13.9. The van der Waals surface area contributed by atoms with E-state index < -0.39 is 0 Å². The molecule has 3 aromatic rings. The first-order valence-corrected chi connectivity index (χ1v) is 7.68. The van der Waals surface area contributed by atoms with Gasteiger partial charge in [0.2, 0.25) is 5.95 Å². The van der Waals surface area contributed by atoms with Crippen LogP contribution in [0.2, 0.25) is 0 Å². The van der Waals surface area contributed by atoms with Crippen LogP contribution in [0, 0.1) is 6.92 Å². The van der Waals surface area contributed by atoms with Gasteiger partial charge in [-0.1, -0.05) is 24.3 Å². The third-order valence-electron chi connectivity index (χ3n) is 3.61. The van der Waals surface area contributed by atoms with E-state index in [-0.39, 0.29) is 5.91 Å². The van der Waals surface area contributed by atoms with E-state index in [1.54, 1.807) is 6.20 Å². The predicted octanol–water partition coefficient (Wildman–Crippen LogP) is 2.33. The Morgan fingerprint density at radius 2 is 1.96 bits per heavy atom. The van der Waals surface area contributed by atoms with E-state index in [4.69, 9.17) is 0 Å². The molecule has 0 atom stereocenters. The Bertz CT molecular complexity index is 886. The number of benzene rings is 1. The van der Waals surface area contributed by atoms with Gasteiger partial charge in [0.05, 0.1) is 12.2 Å². The second-order valence-electron chi connectivity index (χ2n) is 5.76. The van der Waals surface area contributed by atoms with Crippen molar-refractivity contribution in [3.8, 4) is 0 Å². The minimum absolute atomic E-state index is 0.213. The van der Waals surface area contributed by atoms with Crippen LogP contribution in [0.1, 0.15) is 21.9 Å². The van der Waals surface area contributed by atoms with E-state index in [0.717, 1.165) is 22.2 Å². The van der Waals surface area contributed by atoms with E-state index in [0.29, 0.717) is 18.2 Å². The molecule has 2 aromatic heterocycles. The predicted molar refractivity (Wildman–Crippen MR) is 94.0 cm³/mol. The summed E-state index contributed by atoms with van der Waals surface area (Å²) in [6, 6.07) is 11.5. The van der Waals surface area contributed by atoms with Gasteiger partial charge in [0.25, 0.3) is 5.91 Å². The fourth-order valence-corrected chi connectivity index (χ4v) is 2.46. The number of carbonyl (C=O) groups is 1. The highest BCUT2D eigenvalue weighted by molar-refractivity contribution is 6.05. The monoisotopic (exact) mass is 321 g/mol. The molecule has 122 valence electrons. The smallest absolute Gasteiger partial charge is 0.270 e. The van der Waals surface area contributed by atoms with E-state index in [1.807, 2.05) is 62.3 Å². The number of aryl methyl sites for hydroxylation is 1. The van der Waals surface area contributed by atoms with Crippen molar-refractivity contribution in [2.45, 2.75) is 13.5 Å². The van der Waals surface area contributed by atoms with Crippen LogP contribution in [0.4, 0.5) is 5.95 Å². The number of hydrogen-bond acceptors (Lipinski definition) is 5. The number of rotatable bonds is 4. The van der Waals surface area contributed by atoms with E-state index in [1.165, 1.54) is 0 Å². The number of fused-ring (bicyclic) bond motifs is 1. The molecule has 2 heterocycles. The number of pyridine rings is 1. The summed E-state index contributed by atoms with van der Waals surface area (Å²) in [7, 11) is 3.77. The van der Waals surface area contributed by atoms with Crippen LogP contribution in [0.5, 0.6) is 0 Å². The molecule has 0 fully saturated rings. The zero-order chi connectivity index (χ0) is 17.1. The third-order valence-corrected chi connectivity index (χ3v) is 3.61. The van der Waals surface area contributed by atoms with Gasteiger partial charge in [-0.15, -0.1) is 0 Å². The van der Waals surface area contributed by atoms with Crippen molar-refractivity contribution in [3.63, 3.8) is 0 Å². The van der Waals surface area contributed by atoms with Crippen molar-refractivity contribution < 1.29 is 4.79 Å². The average Bonchev–Trinajstić information content (AvgIpc) is 2.58. The Morgan fingerprint density at radius 3 is 2.75 bits per heavy atom. The highest BCUT2D eigenvalue weighted by Crippen LogP contribution is 2.16. The summed E-state index contributed by atoms with van der Waals surface area (Å²) in [6.45, 7) is 2.24. The lowest BCUT2D eigenvalue weighted by Crippen LogP contribution is -2.25. The minimum atomic E-state index is -0.213. The molecule has 6 nitrogen and oxygen atoms in total. The number of aromatic nitrogens is 3. The summed E-state index contributed by atoms with van der Waals surface area (Å²) < 4.78 is 0. The van der Waals surface area contributed by atoms with Crippen molar-refractivity contribution in [1.82, 2.24) is 20.3 Å². The van der Waals surface area contributed by atoms with Crippen LogP contribution in [-0.4, -0.2) is 35.0 Å². The van der Waals surface area contributed by atoms with E-state index in [2.05, 4.69) is 20.3 Å². The molecule has 0 aliphatic rings.